The highest BCUT2D eigenvalue weighted by molar-refractivity contribution is 6.09. The lowest BCUT2D eigenvalue weighted by molar-refractivity contribution is 0.0125. The van der Waals surface area contributed by atoms with E-state index in [0.717, 1.165) is 16.7 Å². The van der Waals surface area contributed by atoms with E-state index in [4.69, 9.17) is 14.2 Å². The molecule has 1 aliphatic rings. The normalized spacial score (nSPS) is 13.7. The van der Waals surface area contributed by atoms with Gasteiger partial charge in [0, 0.05) is 24.7 Å². The van der Waals surface area contributed by atoms with E-state index >= 15 is 0 Å². The third-order valence-corrected chi connectivity index (χ3v) is 6.27. The van der Waals surface area contributed by atoms with Crippen LogP contribution in [0.25, 0.3) is 10.9 Å². The second-order valence-electron chi connectivity index (χ2n) is 8.99. The molecule has 0 bridgehead atoms. The summed E-state index contributed by atoms with van der Waals surface area (Å²) < 4.78 is 29.8. The smallest absolute Gasteiger partial charge is 0.360 e. The van der Waals surface area contributed by atoms with Crippen LogP contribution in [0.15, 0.2) is 66.9 Å². The van der Waals surface area contributed by atoms with Gasteiger partial charge in [-0.1, -0.05) is 42.5 Å². The van der Waals surface area contributed by atoms with Gasteiger partial charge in [0.15, 0.2) is 11.4 Å². The van der Waals surface area contributed by atoms with Gasteiger partial charge in [-0.15, -0.1) is 0 Å². The lowest BCUT2D eigenvalue weighted by Gasteiger charge is -2.27. The van der Waals surface area contributed by atoms with E-state index in [1.807, 2.05) is 30.3 Å². The number of hydrogen-bond donors (Lipinski definition) is 1. The number of ether oxygens (including phenoxy) is 3. The fraction of sp³-hybridized carbons (Fsp3) is 0.241. The first kappa shape index (κ1) is 26.2. The van der Waals surface area contributed by atoms with Gasteiger partial charge in [-0.25, -0.2) is 19.2 Å². The molecule has 1 fully saturated rings. The van der Waals surface area contributed by atoms with Gasteiger partial charge in [0.25, 0.3) is 5.91 Å². The van der Waals surface area contributed by atoms with Gasteiger partial charge in [0.1, 0.15) is 23.6 Å². The monoisotopic (exact) mass is 530 g/mol. The van der Waals surface area contributed by atoms with Crippen LogP contribution in [0.4, 0.5) is 4.39 Å². The molecule has 1 N–H and O–H groups in total. The summed E-state index contributed by atoms with van der Waals surface area (Å²) in [4.78, 5) is 35.3. The Kier molecular flexibility index (Phi) is 8.04. The summed E-state index contributed by atoms with van der Waals surface area (Å²) >= 11 is 0. The van der Waals surface area contributed by atoms with Crippen LogP contribution in [-0.4, -0.2) is 60.3 Å². The molecule has 39 heavy (non-hydrogen) atoms. The number of rotatable bonds is 8. The van der Waals surface area contributed by atoms with Crippen molar-refractivity contribution in [2.45, 2.75) is 13.0 Å². The quantitative estimate of drug-likeness (QED) is 0.344. The lowest BCUT2D eigenvalue weighted by atomic mass is 10.0. The maximum Gasteiger partial charge on any atom is 0.360 e. The highest BCUT2D eigenvalue weighted by atomic mass is 19.1. The molecule has 3 heterocycles. The zero-order valence-corrected chi connectivity index (χ0v) is 21.4. The van der Waals surface area contributed by atoms with E-state index in [1.54, 1.807) is 29.4 Å². The Morgan fingerprint density at radius 1 is 1.00 bits per heavy atom. The molecule has 4 aromatic rings. The van der Waals surface area contributed by atoms with E-state index in [9.17, 15) is 14.0 Å². The first-order valence-corrected chi connectivity index (χ1v) is 12.5. The van der Waals surface area contributed by atoms with E-state index in [-0.39, 0.29) is 29.6 Å². The third-order valence-electron chi connectivity index (χ3n) is 6.27. The van der Waals surface area contributed by atoms with Gasteiger partial charge >= 0.3 is 5.97 Å². The van der Waals surface area contributed by atoms with Crippen molar-refractivity contribution in [3.05, 3.63) is 101 Å². The van der Waals surface area contributed by atoms with Crippen molar-refractivity contribution in [3.63, 3.8) is 0 Å². The number of fused-ring (bicyclic) bond motifs is 1. The Labute approximate surface area is 224 Å². The van der Waals surface area contributed by atoms with Crippen molar-refractivity contribution in [3.8, 4) is 5.75 Å². The number of pyridine rings is 2. The lowest BCUT2D eigenvalue weighted by Crippen LogP contribution is -2.48. The van der Waals surface area contributed by atoms with Gasteiger partial charge in [0.05, 0.1) is 20.3 Å². The van der Waals surface area contributed by atoms with Crippen LogP contribution in [0.1, 0.15) is 37.7 Å². The molecule has 0 unspecified atom stereocenters. The standard InChI is InChI=1S/C29H27FN4O5/c1-37-29(36)26-27(39-18-20-5-3-2-4-6-20)24-23(25(32-26)28(35)33-34-11-13-38-14-12-34)16-21(17-31-24)15-19-7-9-22(30)10-8-19/h2-10,16-17H,11-15,18H2,1H3,(H,33,35). The van der Waals surface area contributed by atoms with Crippen LogP contribution >= 0.6 is 0 Å². The summed E-state index contributed by atoms with van der Waals surface area (Å²) in [6.07, 6.45) is 2.10. The summed E-state index contributed by atoms with van der Waals surface area (Å²) in [6, 6.07) is 17.4. The molecule has 200 valence electrons. The average Bonchev–Trinajstić information content (AvgIpc) is 2.97. The van der Waals surface area contributed by atoms with E-state index in [1.165, 1.54) is 19.2 Å². The number of halogens is 1. The zero-order valence-electron chi connectivity index (χ0n) is 21.4. The number of methoxy groups -OCH3 is 1. The molecule has 2 aromatic carbocycles. The fourth-order valence-electron chi connectivity index (χ4n) is 4.29. The van der Waals surface area contributed by atoms with Crippen molar-refractivity contribution < 1.29 is 28.2 Å². The maximum atomic E-state index is 13.5. The van der Waals surface area contributed by atoms with Crippen molar-refractivity contribution >= 4 is 22.8 Å². The number of carbonyl (C=O) groups excluding carboxylic acids is 2. The largest absolute Gasteiger partial charge is 0.484 e. The van der Waals surface area contributed by atoms with E-state index < -0.39 is 11.9 Å². The molecule has 0 saturated carbocycles. The zero-order chi connectivity index (χ0) is 27.2. The van der Waals surface area contributed by atoms with Gasteiger partial charge in [0.2, 0.25) is 0 Å². The number of carbonyl (C=O) groups is 2. The summed E-state index contributed by atoms with van der Waals surface area (Å²) in [5.41, 5.74) is 5.55. The summed E-state index contributed by atoms with van der Waals surface area (Å²) in [6.45, 7) is 2.15. The van der Waals surface area contributed by atoms with Crippen LogP contribution in [0.3, 0.4) is 0 Å². The molecule has 1 saturated heterocycles. The molecular weight excluding hydrogens is 503 g/mol. The van der Waals surface area contributed by atoms with Crippen LogP contribution < -0.4 is 10.2 Å². The minimum atomic E-state index is -0.752. The van der Waals surface area contributed by atoms with Crippen molar-refractivity contribution in [1.82, 2.24) is 20.4 Å². The van der Waals surface area contributed by atoms with Gasteiger partial charge in [-0.05, 0) is 41.3 Å². The molecule has 0 spiro atoms. The minimum Gasteiger partial charge on any atom is -0.484 e. The predicted octanol–water partition coefficient (Wildman–Crippen LogP) is 3.70. The summed E-state index contributed by atoms with van der Waals surface area (Å²) in [5.74, 6) is -1.45. The maximum absolute atomic E-state index is 13.5. The highest BCUT2D eigenvalue weighted by Gasteiger charge is 2.27. The number of amides is 1. The number of hydrogen-bond acceptors (Lipinski definition) is 8. The Morgan fingerprint density at radius 2 is 1.74 bits per heavy atom. The Morgan fingerprint density at radius 3 is 2.46 bits per heavy atom. The second-order valence-corrected chi connectivity index (χ2v) is 8.99. The molecule has 0 radical (unpaired) electrons. The van der Waals surface area contributed by atoms with Crippen molar-refractivity contribution in [2.24, 2.45) is 0 Å². The molecule has 0 atom stereocenters. The van der Waals surface area contributed by atoms with Gasteiger partial charge < -0.3 is 14.2 Å². The topological polar surface area (TPSA) is 103 Å². The number of nitrogens with one attached hydrogen (secondary N) is 1. The second kappa shape index (κ2) is 12.0. The molecule has 9 nitrogen and oxygen atoms in total. The van der Waals surface area contributed by atoms with E-state index in [0.29, 0.717) is 43.6 Å². The van der Waals surface area contributed by atoms with Crippen LogP contribution in [0, 0.1) is 5.82 Å². The molecular formula is C29H27FN4O5. The summed E-state index contributed by atoms with van der Waals surface area (Å²) in [7, 11) is 1.24. The SMILES string of the molecule is COC(=O)c1nc(C(=O)NN2CCOCC2)c2cc(Cc3ccc(F)cc3)cnc2c1OCc1ccccc1. The Balaban J connectivity index is 1.59. The van der Waals surface area contributed by atoms with Crippen LogP contribution in [0.5, 0.6) is 5.75 Å². The van der Waals surface area contributed by atoms with Gasteiger partial charge in [-0.3, -0.25) is 15.2 Å². The number of nitrogens with zero attached hydrogens (tertiary/aromatic N) is 3. The highest BCUT2D eigenvalue weighted by Crippen LogP contribution is 2.32. The van der Waals surface area contributed by atoms with Crippen molar-refractivity contribution in [1.29, 1.82) is 0 Å². The van der Waals surface area contributed by atoms with Crippen LogP contribution in [0.2, 0.25) is 0 Å². The Hall–Kier alpha value is -4.41. The molecule has 1 amide bonds. The fourth-order valence-corrected chi connectivity index (χ4v) is 4.29. The number of morpholine rings is 1. The van der Waals surface area contributed by atoms with Gasteiger partial charge in [-0.2, -0.15) is 0 Å². The summed E-state index contributed by atoms with van der Waals surface area (Å²) in [5, 5.41) is 2.16. The first-order chi connectivity index (χ1) is 19.0. The number of hydrazine groups is 1. The molecule has 10 heteroatoms. The number of aromatic nitrogens is 2. The van der Waals surface area contributed by atoms with Crippen molar-refractivity contribution in [2.75, 3.05) is 33.4 Å². The first-order valence-electron chi connectivity index (χ1n) is 12.5. The third kappa shape index (κ3) is 6.19. The molecule has 1 aliphatic heterocycles. The number of benzene rings is 2. The molecule has 5 rings (SSSR count). The van der Waals surface area contributed by atoms with Crippen LogP contribution in [-0.2, 0) is 22.5 Å². The number of esters is 1. The Bertz CT molecular complexity index is 1480. The molecule has 2 aromatic heterocycles. The average molecular weight is 531 g/mol. The molecule has 0 aliphatic carbocycles. The minimum absolute atomic E-state index is 0.0115. The predicted molar refractivity (Wildman–Crippen MR) is 141 cm³/mol. The van der Waals surface area contributed by atoms with E-state index in [2.05, 4.69) is 15.4 Å².